The van der Waals surface area contributed by atoms with Crippen LogP contribution in [0, 0.1) is 0 Å². The molecule has 0 bridgehead atoms. The fraction of sp³-hybridized carbons (Fsp3) is 0.105. The number of benzene rings is 5. The minimum absolute atomic E-state index is 0.0275. The molecule has 2 aliphatic rings. The molecule has 0 radical (unpaired) electrons. The highest BCUT2D eigenvalue weighted by Crippen LogP contribution is 2.52. The molecule has 0 spiro atoms. The van der Waals surface area contributed by atoms with Crippen LogP contribution in [0.15, 0.2) is 128 Å². The summed E-state index contributed by atoms with van der Waals surface area (Å²) in [4.78, 5) is 0. The Morgan fingerprint density at radius 3 is 2.15 bits per heavy atom. The van der Waals surface area contributed by atoms with Crippen molar-refractivity contribution in [2.24, 2.45) is 0 Å². The average molecular weight is 517 g/mol. The predicted molar refractivity (Wildman–Crippen MR) is 169 cm³/mol. The molecule has 0 aromatic heterocycles. The van der Waals surface area contributed by atoms with Crippen molar-refractivity contribution in [3.63, 3.8) is 0 Å². The van der Waals surface area contributed by atoms with Crippen molar-refractivity contribution >= 4 is 17.3 Å². The Balaban J connectivity index is 1.41. The Kier molecular flexibility index (Phi) is 6.18. The van der Waals surface area contributed by atoms with Crippen LogP contribution in [0.25, 0.3) is 33.9 Å². The molecular formula is C38H32N2. The Morgan fingerprint density at radius 1 is 0.675 bits per heavy atom. The number of para-hydroxylation sites is 1. The van der Waals surface area contributed by atoms with Crippen molar-refractivity contribution in [1.82, 2.24) is 5.32 Å². The molecule has 0 fully saturated rings. The van der Waals surface area contributed by atoms with E-state index in [4.69, 9.17) is 0 Å². The van der Waals surface area contributed by atoms with Crippen molar-refractivity contribution in [2.75, 3.05) is 12.4 Å². The van der Waals surface area contributed by atoms with Gasteiger partial charge >= 0.3 is 0 Å². The standard InChI is InChI=1S/C38H32N2/c1-3-25-16-12-20-32-36(25)34(31-22-21-30-29-19-11-10-15-27(29)23-33(30)37(31)32)24-35(39-2)38(26-13-6-4-7-14-26)40-28-17-8-5-9-18-28/h3-22,24,35,38-40H,1,23H2,2H3. The maximum atomic E-state index is 4.19. The lowest BCUT2D eigenvalue weighted by molar-refractivity contribution is 0.581. The second-order valence-electron chi connectivity index (χ2n) is 10.6. The third-order valence-electron chi connectivity index (χ3n) is 8.43. The number of nitrogens with one attached hydrogen (secondary N) is 2. The predicted octanol–water partition coefficient (Wildman–Crippen LogP) is 8.75. The van der Waals surface area contributed by atoms with E-state index < -0.39 is 0 Å². The maximum absolute atomic E-state index is 4.19. The van der Waals surface area contributed by atoms with Gasteiger partial charge in [-0.1, -0.05) is 122 Å². The van der Waals surface area contributed by atoms with Gasteiger partial charge in [0.1, 0.15) is 0 Å². The smallest absolute Gasteiger partial charge is 0.0703 e. The normalized spacial score (nSPS) is 15.1. The Labute approximate surface area is 236 Å². The number of anilines is 1. The molecule has 194 valence electrons. The first kappa shape index (κ1) is 24.4. The molecule has 2 heteroatoms. The van der Waals surface area contributed by atoms with E-state index in [1.165, 1.54) is 61.2 Å². The second-order valence-corrected chi connectivity index (χ2v) is 10.6. The molecule has 5 aromatic carbocycles. The molecule has 0 amide bonds. The molecule has 2 aliphatic carbocycles. The van der Waals surface area contributed by atoms with E-state index in [0.717, 1.165) is 12.1 Å². The Morgan fingerprint density at radius 2 is 1.38 bits per heavy atom. The largest absolute Gasteiger partial charge is 0.376 e. The van der Waals surface area contributed by atoms with E-state index in [9.17, 15) is 0 Å². The van der Waals surface area contributed by atoms with Crippen molar-refractivity contribution in [2.45, 2.75) is 18.5 Å². The van der Waals surface area contributed by atoms with Gasteiger partial charge in [0.05, 0.1) is 12.1 Å². The maximum Gasteiger partial charge on any atom is 0.0703 e. The summed E-state index contributed by atoms with van der Waals surface area (Å²) in [6.07, 6.45) is 5.40. The van der Waals surface area contributed by atoms with Crippen LogP contribution in [0.1, 0.15) is 39.4 Å². The van der Waals surface area contributed by atoms with Gasteiger partial charge in [-0.15, -0.1) is 0 Å². The molecule has 2 nitrogen and oxygen atoms in total. The summed E-state index contributed by atoms with van der Waals surface area (Å²) in [5.74, 6) is 0. The van der Waals surface area contributed by atoms with Gasteiger partial charge in [0.2, 0.25) is 0 Å². The molecule has 0 aliphatic heterocycles. The summed E-state index contributed by atoms with van der Waals surface area (Å²) in [6, 6.07) is 41.4. The highest BCUT2D eigenvalue weighted by atomic mass is 15.0. The SMILES string of the molecule is C=Cc1cccc2c1C(=CC(NC)C(Nc1ccccc1)c1ccccc1)c1ccc3c(c1-2)Cc1ccccc1-3. The van der Waals surface area contributed by atoms with Gasteiger partial charge in [0.15, 0.2) is 0 Å². The van der Waals surface area contributed by atoms with E-state index in [0.29, 0.717) is 0 Å². The lowest BCUT2D eigenvalue weighted by atomic mass is 9.92. The number of likely N-dealkylation sites (N-methyl/N-ethyl adjacent to an activating group) is 1. The number of fused-ring (bicyclic) bond motifs is 7. The minimum Gasteiger partial charge on any atom is -0.376 e. The Hall–Kier alpha value is -4.66. The van der Waals surface area contributed by atoms with Gasteiger partial charge in [-0.25, -0.2) is 0 Å². The molecular weight excluding hydrogens is 484 g/mol. The van der Waals surface area contributed by atoms with E-state index in [-0.39, 0.29) is 12.1 Å². The van der Waals surface area contributed by atoms with Crippen molar-refractivity contribution in [3.05, 3.63) is 161 Å². The van der Waals surface area contributed by atoms with Crippen molar-refractivity contribution < 1.29 is 0 Å². The van der Waals surface area contributed by atoms with Crippen LogP contribution in [-0.2, 0) is 6.42 Å². The molecule has 0 heterocycles. The van der Waals surface area contributed by atoms with E-state index >= 15 is 0 Å². The summed E-state index contributed by atoms with van der Waals surface area (Å²) in [7, 11) is 2.06. The zero-order chi connectivity index (χ0) is 27.1. The van der Waals surface area contributed by atoms with Crippen LogP contribution < -0.4 is 10.6 Å². The summed E-state index contributed by atoms with van der Waals surface area (Å²) in [5.41, 5.74) is 15.6. The topological polar surface area (TPSA) is 24.1 Å². The van der Waals surface area contributed by atoms with Crippen LogP contribution in [0.2, 0.25) is 0 Å². The van der Waals surface area contributed by atoms with Gasteiger partial charge in [0, 0.05) is 5.69 Å². The molecule has 2 atom stereocenters. The van der Waals surface area contributed by atoms with E-state index in [2.05, 4.69) is 146 Å². The van der Waals surface area contributed by atoms with Gasteiger partial charge < -0.3 is 10.6 Å². The number of rotatable bonds is 7. The first-order chi connectivity index (χ1) is 19.8. The van der Waals surface area contributed by atoms with Crippen LogP contribution in [-0.4, -0.2) is 13.1 Å². The van der Waals surface area contributed by atoms with E-state index in [1.807, 2.05) is 6.08 Å². The summed E-state index contributed by atoms with van der Waals surface area (Å²) >= 11 is 0. The van der Waals surface area contributed by atoms with Crippen LogP contribution in [0.5, 0.6) is 0 Å². The summed E-state index contributed by atoms with van der Waals surface area (Å²) < 4.78 is 0. The van der Waals surface area contributed by atoms with Crippen molar-refractivity contribution in [1.29, 1.82) is 0 Å². The molecule has 40 heavy (non-hydrogen) atoms. The highest BCUT2D eigenvalue weighted by Gasteiger charge is 2.33. The molecule has 7 rings (SSSR count). The highest BCUT2D eigenvalue weighted by molar-refractivity contribution is 6.07. The van der Waals surface area contributed by atoms with Gasteiger partial charge in [-0.2, -0.15) is 0 Å². The second kappa shape index (κ2) is 10.1. The molecule has 5 aromatic rings. The molecule has 0 saturated carbocycles. The lowest BCUT2D eigenvalue weighted by Crippen LogP contribution is -2.35. The van der Waals surface area contributed by atoms with Crippen LogP contribution >= 0.6 is 0 Å². The van der Waals surface area contributed by atoms with Crippen LogP contribution in [0.3, 0.4) is 0 Å². The minimum atomic E-state index is 0.0275. The number of hydrogen-bond acceptors (Lipinski definition) is 2. The van der Waals surface area contributed by atoms with Gasteiger partial charge in [-0.3, -0.25) is 0 Å². The molecule has 0 saturated heterocycles. The lowest BCUT2D eigenvalue weighted by Gasteiger charge is -2.28. The molecule has 2 N–H and O–H groups in total. The monoisotopic (exact) mass is 516 g/mol. The zero-order valence-electron chi connectivity index (χ0n) is 22.7. The average Bonchev–Trinajstić information content (AvgIpc) is 3.55. The fourth-order valence-corrected chi connectivity index (χ4v) is 6.58. The Bertz CT molecular complexity index is 1750. The third kappa shape index (κ3) is 4.00. The van der Waals surface area contributed by atoms with Crippen LogP contribution in [0.4, 0.5) is 5.69 Å². The fourth-order valence-electron chi connectivity index (χ4n) is 6.58. The van der Waals surface area contributed by atoms with Gasteiger partial charge in [0.25, 0.3) is 0 Å². The van der Waals surface area contributed by atoms with Gasteiger partial charge in [-0.05, 0) is 86.8 Å². The number of hydrogen-bond donors (Lipinski definition) is 2. The van der Waals surface area contributed by atoms with Crippen molar-refractivity contribution in [3.8, 4) is 22.3 Å². The first-order valence-corrected chi connectivity index (χ1v) is 14.0. The van der Waals surface area contributed by atoms with E-state index in [1.54, 1.807) is 0 Å². The first-order valence-electron chi connectivity index (χ1n) is 14.0. The summed E-state index contributed by atoms with van der Waals surface area (Å²) in [6.45, 7) is 4.19. The molecule has 2 unspecified atom stereocenters. The zero-order valence-corrected chi connectivity index (χ0v) is 22.7. The summed E-state index contributed by atoms with van der Waals surface area (Å²) in [5, 5.41) is 7.47. The quantitative estimate of drug-likeness (QED) is 0.221. The third-order valence-corrected chi connectivity index (χ3v) is 8.43.